The van der Waals surface area contributed by atoms with E-state index in [-0.39, 0.29) is 24.1 Å². The summed E-state index contributed by atoms with van der Waals surface area (Å²) in [4.78, 5) is 29.9. The zero-order chi connectivity index (χ0) is 25.2. The van der Waals surface area contributed by atoms with E-state index in [4.69, 9.17) is 14.2 Å². The summed E-state index contributed by atoms with van der Waals surface area (Å²) in [5.74, 6) is 1.15. The Morgan fingerprint density at radius 3 is 2.58 bits per heavy atom. The average Bonchev–Trinajstić information content (AvgIpc) is 3.42. The maximum atomic E-state index is 13.0. The third kappa shape index (κ3) is 4.47. The van der Waals surface area contributed by atoms with Crippen molar-refractivity contribution in [3.8, 4) is 17.3 Å². The van der Waals surface area contributed by atoms with Crippen LogP contribution in [-0.2, 0) is 11.3 Å². The molecule has 0 saturated carbocycles. The fourth-order valence-electron chi connectivity index (χ4n) is 4.33. The highest BCUT2D eigenvalue weighted by Gasteiger charge is 2.25. The number of aryl methyl sites for hydroxylation is 1. The number of rotatable bonds is 7. The van der Waals surface area contributed by atoms with Gasteiger partial charge in [0.25, 0.3) is 0 Å². The molecule has 1 aliphatic rings. The van der Waals surface area contributed by atoms with E-state index in [1.54, 1.807) is 29.9 Å². The van der Waals surface area contributed by atoms with Gasteiger partial charge in [-0.05, 0) is 51.1 Å². The maximum absolute atomic E-state index is 13.0. The summed E-state index contributed by atoms with van der Waals surface area (Å²) in [6.45, 7) is 6.14. The molecule has 0 fully saturated rings. The van der Waals surface area contributed by atoms with Crippen LogP contribution in [-0.4, -0.2) is 50.4 Å². The molecule has 4 heterocycles. The number of esters is 1. The molecule has 1 atom stereocenters. The Kier molecular flexibility index (Phi) is 6.28. The van der Waals surface area contributed by atoms with Crippen LogP contribution in [0.5, 0.6) is 11.5 Å². The van der Waals surface area contributed by atoms with Crippen molar-refractivity contribution in [2.45, 2.75) is 33.4 Å². The van der Waals surface area contributed by atoms with Crippen LogP contribution in [0.3, 0.4) is 0 Å². The molecule has 9 nitrogen and oxygen atoms in total. The third-order valence-electron chi connectivity index (χ3n) is 6.26. The van der Waals surface area contributed by atoms with E-state index in [1.807, 2.05) is 54.8 Å². The summed E-state index contributed by atoms with van der Waals surface area (Å²) in [5.41, 5.74) is 3.08. The standard InChI is InChI=1S/C27H26N4O5/c1-17-12-21(18(2)30(17)14-20-15-34-24-8-4-5-9-25(24)36-20)23(32)16-35-27(33)22-13-29-31(19(22)3)26-10-6-7-11-28-26/h4-13,20H,14-16H2,1-3H3. The van der Waals surface area contributed by atoms with E-state index in [2.05, 4.69) is 10.1 Å². The predicted octanol–water partition coefficient (Wildman–Crippen LogP) is 3.87. The van der Waals surface area contributed by atoms with Gasteiger partial charge >= 0.3 is 5.97 Å². The highest BCUT2D eigenvalue weighted by molar-refractivity contribution is 6.00. The number of hydrogen-bond acceptors (Lipinski definition) is 7. The van der Waals surface area contributed by atoms with E-state index in [1.165, 1.54) is 6.20 Å². The van der Waals surface area contributed by atoms with Crippen LogP contribution in [0.2, 0.25) is 0 Å². The first-order valence-corrected chi connectivity index (χ1v) is 11.6. The van der Waals surface area contributed by atoms with Gasteiger partial charge in [0.1, 0.15) is 12.2 Å². The van der Waals surface area contributed by atoms with Gasteiger partial charge in [0.05, 0.1) is 18.4 Å². The molecule has 1 unspecified atom stereocenters. The Balaban J connectivity index is 1.24. The fourth-order valence-corrected chi connectivity index (χ4v) is 4.33. The Labute approximate surface area is 208 Å². The van der Waals surface area contributed by atoms with E-state index in [9.17, 15) is 9.59 Å². The van der Waals surface area contributed by atoms with Crippen molar-refractivity contribution >= 4 is 11.8 Å². The molecule has 1 aromatic carbocycles. The molecular formula is C27H26N4O5. The highest BCUT2D eigenvalue weighted by atomic mass is 16.6. The van der Waals surface area contributed by atoms with Crippen LogP contribution in [0, 0.1) is 20.8 Å². The zero-order valence-corrected chi connectivity index (χ0v) is 20.3. The van der Waals surface area contributed by atoms with E-state index >= 15 is 0 Å². The largest absolute Gasteiger partial charge is 0.486 e. The SMILES string of the molecule is Cc1c(C(=O)OCC(=O)c2cc(C)n(CC3COc4ccccc4O3)c2C)cnn1-c1ccccn1. The molecular weight excluding hydrogens is 460 g/mol. The van der Waals surface area contributed by atoms with E-state index < -0.39 is 5.97 Å². The van der Waals surface area contributed by atoms with Crippen molar-refractivity contribution in [1.82, 2.24) is 19.3 Å². The second kappa shape index (κ2) is 9.69. The lowest BCUT2D eigenvalue weighted by atomic mass is 10.1. The lowest BCUT2D eigenvalue weighted by Crippen LogP contribution is -2.33. The molecule has 36 heavy (non-hydrogen) atoms. The summed E-state index contributed by atoms with van der Waals surface area (Å²) in [5, 5.41) is 4.23. The number of benzene rings is 1. The third-order valence-corrected chi connectivity index (χ3v) is 6.26. The van der Waals surface area contributed by atoms with Crippen LogP contribution in [0.15, 0.2) is 60.9 Å². The van der Waals surface area contributed by atoms with Crippen LogP contribution in [0.4, 0.5) is 0 Å². The minimum absolute atomic E-state index is 0.191. The van der Waals surface area contributed by atoms with E-state index in [0.717, 1.165) is 17.1 Å². The fraction of sp³-hybridized carbons (Fsp3) is 0.259. The molecule has 0 bridgehead atoms. The van der Waals surface area contributed by atoms with Crippen LogP contribution < -0.4 is 9.47 Å². The Bertz CT molecular complexity index is 1420. The topological polar surface area (TPSA) is 97.5 Å². The molecule has 0 saturated heterocycles. The van der Waals surface area contributed by atoms with E-state index in [0.29, 0.717) is 36.0 Å². The summed E-state index contributed by atoms with van der Waals surface area (Å²) >= 11 is 0. The van der Waals surface area contributed by atoms with Crippen molar-refractivity contribution in [2.24, 2.45) is 0 Å². The molecule has 0 spiro atoms. The van der Waals surface area contributed by atoms with Crippen molar-refractivity contribution in [2.75, 3.05) is 13.2 Å². The molecule has 5 rings (SSSR count). The first-order chi connectivity index (χ1) is 17.4. The summed E-state index contributed by atoms with van der Waals surface area (Å²) in [6.07, 6.45) is 2.88. The van der Waals surface area contributed by atoms with Gasteiger partial charge in [-0.3, -0.25) is 4.79 Å². The molecule has 4 aromatic rings. The van der Waals surface area contributed by atoms with Gasteiger partial charge in [0.2, 0.25) is 5.78 Å². The molecule has 0 amide bonds. The Morgan fingerprint density at radius 2 is 1.81 bits per heavy atom. The average molecular weight is 487 g/mol. The van der Waals surface area contributed by atoms with Gasteiger partial charge in [-0.15, -0.1) is 0 Å². The summed E-state index contributed by atoms with van der Waals surface area (Å²) < 4.78 is 20.8. The first-order valence-electron chi connectivity index (χ1n) is 11.6. The number of ether oxygens (including phenoxy) is 3. The first kappa shape index (κ1) is 23.3. The molecule has 0 aliphatic carbocycles. The van der Waals surface area contributed by atoms with Crippen molar-refractivity contribution in [3.05, 3.63) is 89.1 Å². The number of hydrogen-bond donors (Lipinski definition) is 0. The second-order valence-corrected chi connectivity index (χ2v) is 8.64. The molecule has 0 N–H and O–H groups in total. The number of para-hydroxylation sites is 2. The maximum Gasteiger partial charge on any atom is 0.342 e. The Morgan fingerprint density at radius 1 is 1.03 bits per heavy atom. The van der Waals surface area contributed by atoms with Crippen LogP contribution in [0.25, 0.3) is 5.82 Å². The number of ketones is 1. The highest BCUT2D eigenvalue weighted by Crippen LogP contribution is 2.31. The smallest absolute Gasteiger partial charge is 0.342 e. The monoisotopic (exact) mass is 486 g/mol. The van der Waals surface area contributed by atoms with Crippen LogP contribution in [0.1, 0.15) is 37.8 Å². The number of aromatic nitrogens is 4. The molecule has 184 valence electrons. The second-order valence-electron chi connectivity index (χ2n) is 8.64. The van der Waals surface area contributed by atoms with Gasteiger partial charge in [-0.2, -0.15) is 5.10 Å². The number of carbonyl (C=O) groups is 2. The number of Topliss-reactive ketones (excluding diaryl/α,β-unsaturated/α-hetero) is 1. The zero-order valence-electron chi connectivity index (χ0n) is 20.3. The van der Waals surface area contributed by atoms with Crippen LogP contribution >= 0.6 is 0 Å². The molecule has 1 aliphatic heterocycles. The lowest BCUT2D eigenvalue weighted by Gasteiger charge is -2.27. The molecule has 9 heteroatoms. The van der Waals surface area contributed by atoms with Gasteiger partial charge in [0, 0.05) is 23.1 Å². The normalized spacial score (nSPS) is 14.5. The summed E-state index contributed by atoms with van der Waals surface area (Å²) in [6, 6.07) is 14.8. The quantitative estimate of drug-likeness (QED) is 0.289. The predicted molar refractivity (Wildman–Crippen MR) is 131 cm³/mol. The lowest BCUT2D eigenvalue weighted by molar-refractivity contribution is 0.0473. The van der Waals surface area contributed by atoms with Gasteiger partial charge in [0.15, 0.2) is 30.0 Å². The van der Waals surface area contributed by atoms with Gasteiger partial charge < -0.3 is 18.8 Å². The number of nitrogens with zero attached hydrogens (tertiary/aromatic N) is 4. The van der Waals surface area contributed by atoms with Crippen molar-refractivity contribution < 1.29 is 23.8 Å². The van der Waals surface area contributed by atoms with Crippen molar-refractivity contribution in [1.29, 1.82) is 0 Å². The number of carbonyl (C=O) groups excluding carboxylic acids is 2. The number of fused-ring (bicyclic) bond motifs is 1. The van der Waals surface area contributed by atoms with Gasteiger partial charge in [-0.1, -0.05) is 18.2 Å². The Hall–Kier alpha value is -4.40. The molecule has 3 aromatic heterocycles. The molecule has 0 radical (unpaired) electrons. The van der Waals surface area contributed by atoms with Gasteiger partial charge in [-0.25, -0.2) is 14.5 Å². The minimum Gasteiger partial charge on any atom is -0.486 e. The van der Waals surface area contributed by atoms with Crippen molar-refractivity contribution in [3.63, 3.8) is 0 Å². The summed E-state index contributed by atoms with van der Waals surface area (Å²) in [7, 11) is 0. The minimum atomic E-state index is -0.608. The number of pyridine rings is 1.